The normalized spacial score (nSPS) is 31.6. The first kappa shape index (κ1) is 15.6. The SMILES string of the molecule is CCNC(=O)C1C(C(=O)NCC)C23c4ccccc4C12c1ccccc13. The Balaban J connectivity index is 1.76. The molecule has 0 aliphatic heterocycles. The predicted molar refractivity (Wildman–Crippen MR) is 98.8 cm³/mol. The lowest BCUT2D eigenvalue weighted by molar-refractivity contribution is -0.168. The third-order valence-electron chi connectivity index (χ3n) is 6.71. The summed E-state index contributed by atoms with van der Waals surface area (Å²) in [5.74, 6) is -0.718. The molecule has 0 bridgehead atoms. The highest BCUT2D eigenvalue weighted by Crippen LogP contribution is 2.85. The first-order chi connectivity index (χ1) is 12.7. The largest absolute Gasteiger partial charge is 0.356 e. The molecule has 4 nitrogen and oxygen atoms in total. The minimum Gasteiger partial charge on any atom is -0.356 e. The Morgan fingerprint density at radius 1 is 0.731 bits per heavy atom. The van der Waals surface area contributed by atoms with Crippen LogP contribution in [-0.4, -0.2) is 24.9 Å². The molecule has 0 saturated heterocycles. The maximum atomic E-state index is 13.0. The van der Waals surface area contributed by atoms with Gasteiger partial charge in [-0.3, -0.25) is 9.59 Å². The van der Waals surface area contributed by atoms with E-state index in [2.05, 4.69) is 34.9 Å². The van der Waals surface area contributed by atoms with Gasteiger partial charge in [-0.05, 0) is 36.1 Å². The molecule has 2 atom stereocenters. The van der Waals surface area contributed by atoms with Crippen molar-refractivity contribution in [3.63, 3.8) is 0 Å². The number of carbonyl (C=O) groups is 2. The summed E-state index contributed by atoms with van der Waals surface area (Å²) in [6, 6.07) is 16.7. The van der Waals surface area contributed by atoms with E-state index in [4.69, 9.17) is 0 Å². The molecule has 1 saturated carbocycles. The molecule has 2 N–H and O–H groups in total. The van der Waals surface area contributed by atoms with Crippen LogP contribution in [-0.2, 0) is 20.4 Å². The van der Waals surface area contributed by atoms with Gasteiger partial charge in [0.25, 0.3) is 0 Å². The number of nitrogens with one attached hydrogen (secondary N) is 2. The molecule has 0 radical (unpaired) electrons. The molecule has 0 aromatic heterocycles. The summed E-state index contributed by atoms with van der Waals surface area (Å²) in [4.78, 5) is 26.1. The second-order valence-electron chi connectivity index (χ2n) is 7.45. The molecule has 26 heavy (non-hydrogen) atoms. The fourth-order valence-corrected chi connectivity index (χ4v) is 6.19. The second-order valence-corrected chi connectivity index (χ2v) is 7.45. The number of hydrogen-bond acceptors (Lipinski definition) is 2. The topological polar surface area (TPSA) is 58.2 Å². The fourth-order valence-electron chi connectivity index (χ4n) is 6.19. The number of carbonyl (C=O) groups excluding carboxylic acids is 2. The second kappa shape index (κ2) is 4.97. The van der Waals surface area contributed by atoms with Crippen LogP contribution in [0.5, 0.6) is 0 Å². The molecular formula is C22H22N2O2. The van der Waals surface area contributed by atoms with Crippen LogP contribution in [0.2, 0.25) is 0 Å². The van der Waals surface area contributed by atoms with Crippen molar-refractivity contribution in [3.05, 3.63) is 70.8 Å². The van der Waals surface area contributed by atoms with Gasteiger partial charge in [-0.1, -0.05) is 48.5 Å². The highest BCUT2D eigenvalue weighted by atomic mass is 16.2. The smallest absolute Gasteiger partial charge is 0.225 e. The molecule has 2 unspecified atom stereocenters. The van der Waals surface area contributed by atoms with Crippen molar-refractivity contribution in [2.75, 3.05) is 13.1 Å². The average molecular weight is 346 g/mol. The van der Waals surface area contributed by atoms with E-state index in [1.165, 1.54) is 22.3 Å². The van der Waals surface area contributed by atoms with Crippen molar-refractivity contribution < 1.29 is 9.59 Å². The van der Waals surface area contributed by atoms with Crippen molar-refractivity contribution in [1.29, 1.82) is 0 Å². The van der Waals surface area contributed by atoms with Crippen molar-refractivity contribution in [1.82, 2.24) is 10.6 Å². The lowest BCUT2D eigenvalue weighted by atomic mass is 9.18. The van der Waals surface area contributed by atoms with E-state index < -0.39 is 0 Å². The molecule has 3 aliphatic rings. The van der Waals surface area contributed by atoms with Gasteiger partial charge in [-0.25, -0.2) is 0 Å². The van der Waals surface area contributed by atoms with E-state index in [0.717, 1.165) is 0 Å². The van der Waals surface area contributed by atoms with Crippen LogP contribution in [0.25, 0.3) is 0 Å². The molecule has 0 spiro atoms. The summed E-state index contributed by atoms with van der Waals surface area (Å²) in [7, 11) is 0. The number of amides is 2. The lowest BCUT2D eigenvalue weighted by Gasteiger charge is -2.82. The summed E-state index contributed by atoms with van der Waals surface area (Å²) in [5.41, 5.74) is 4.20. The van der Waals surface area contributed by atoms with Crippen LogP contribution >= 0.6 is 0 Å². The maximum absolute atomic E-state index is 13.0. The van der Waals surface area contributed by atoms with Gasteiger partial charge in [0.05, 0.1) is 11.8 Å². The maximum Gasteiger partial charge on any atom is 0.225 e. The first-order valence-electron chi connectivity index (χ1n) is 9.42. The van der Waals surface area contributed by atoms with Crippen LogP contribution in [0.3, 0.4) is 0 Å². The predicted octanol–water partition coefficient (Wildman–Crippen LogP) is 2.10. The standard InChI is InChI=1S/C22H22N2O2/c1-3-23-19(25)17-18(20(26)24-4-2)22-15-11-7-5-9-13(15)21(17,22)14-10-6-8-12-16(14)22/h5-12,17-18H,3-4H2,1-2H3,(H,23,25)(H,24,26). The monoisotopic (exact) mass is 346 g/mol. The molecule has 5 rings (SSSR count). The molecule has 2 amide bonds. The van der Waals surface area contributed by atoms with Gasteiger partial charge in [-0.15, -0.1) is 0 Å². The van der Waals surface area contributed by atoms with Gasteiger partial charge < -0.3 is 10.6 Å². The quantitative estimate of drug-likeness (QED) is 0.891. The van der Waals surface area contributed by atoms with Gasteiger partial charge in [0.1, 0.15) is 0 Å². The van der Waals surface area contributed by atoms with Gasteiger partial charge in [-0.2, -0.15) is 0 Å². The van der Waals surface area contributed by atoms with Crippen LogP contribution in [0.1, 0.15) is 36.1 Å². The Hall–Kier alpha value is -2.62. The minimum absolute atomic E-state index is 0.0108. The Labute approximate surface area is 153 Å². The van der Waals surface area contributed by atoms with Crippen LogP contribution < -0.4 is 10.6 Å². The van der Waals surface area contributed by atoms with E-state index in [9.17, 15) is 9.59 Å². The summed E-state index contributed by atoms with van der Waals surface area (Å²) in [6.45, 7) is 4.99. The molecule has 0 heterocycles. The zero-order valence-corrected chi connectivity index (χ0v) is 15.0. The zero-order valence-electron chi connectivity index (χ0n) is 15.0. The molecule has 2 aromatic carbocycles. The Morgan fingerprint density at radius 2 is 1.04 bits per heavy atom. The van der Waals surface area contributed by atoms with Gasteiger partial charge in [0, 0.05) is 23.9 Å². The number of benzene rings is 2. The van der Waals surface area contributed by atoms with Gasteiger partial charge in [0.15, 0.2) is 0 Å². The van der Waals surface area contributed by atoms with Crippen molar-refractivity contribution in [2.45, 2.75) is 24.7 Å². The van der Waals surface area contributed by atoms with Crippen molar-refractivity contribution in [2.24, 2.45) is 11.8 Å². The van der Waals surface area contributed by atoms with Crippen LogP contribution in [0.4, 0.5) is 0 Å². The fraction of sp³-hybridized carbons (Fsp3) is 0.364. The number of rotatable bonds is 4. The summed E-state index contributed by atoms with van der Waals surface area (Å²) in [6.07, 6.45) is 0. The summed E-state index contributed by atoms with van der Waals surface area (Å²) < 4.78 is 0. The van der Waals surface area contributed by atoms with Crippen molar-refractivity contribution >= 4 is 11.8 Å². The van der Waals surface area contributed by atoms with E-state index >= 15 is 0 Å². The van der Waals surface area contributed by atoms with E-state index in [-0.39, 0.29) is 34.5 Å². The Kier molecular flexibility index (Phi) is 2.98. The average Bonchev–Trinajstić information content (AvgIpc) is 2.64. The van der Waals surface area contributed by atoms with Gasteiger partial charge in [0.2, 0.25) is 11.8 Å². The Bertz CT molecular complexity index is 825. The third-order valence-corrected chi connectivity index (χ3v) is 6.71. The van der Waals surface area contributed by atoms with Gasteiger partial charge >= 0.3 is 0 Å². The molecule has 2 aromatic rings. The minimum atomic E-state index is -0.348. The zero-order chi connectivity index (χ0) is 18.1. The highest BCUT2D eigenvalue weighted by molar-refractivity contribution is 6.02. The molecule has 132 valence electrons. The van der Waals surface area contributed by atoms with E-state index in [1.54, 1.807) is 0 Å². The molecule has 4 heteroatoms. The number of fused-ring (bicyclic) bond motifs is 2. The summed E-state index contributed by atoms with van der Waals surface area (Å²) >= 11 is 0. The van der Waals surface area contributed by atoms with Crippen LogP contribution in [0, 0.1) is 11.8 Å². The van der Waals surface area contributed by atoms with E-state index in [1.807, 2.05) is 38.1 Å². The number of hydrogen-bond donors (Lipinski definition) is 2. The first-order valence-corrected chi connectivity index (χ1v) is 9.42. The summed E-state index contributed by atoms with van der Waals surface area (Å²) in [5, 5.41) is 5.96. The lowest BCUT2D eigenvalue weighted by Crippen LogP contribution is -2.87. The molecular weight excluding hydrogens is 324 g/mol. The molecule has 1 fully saturated rings. The highest BCUT2D eigenvalue weighted by Gasteiger charge is 2.89. The Morgan fingerprint density at radius 3 is 1.31 bits per heavy atom. The molecule has 3 aliphatic carbocycles. The third kappa shape index (κ3) is 1.31. The van der Waals surface area contributed by atoms with Crippen LogP contribution in [0.15, 0.2) is 48.5 Å². The van der Waals surface area contributed by atoms with E-state index in [0.29, 0.717) is 13.1 Å². The van der Waals surface area contributed by atoms with Crippen molar-refractivity contribution in [3.8, 4) is 0 Å².